The van der Waals surface area contributed by atoms with E-state index in [0.717, 1.165) is 5.39 Å². The van der Waals surface area contributed by atoms with Gasteiger partial charge in [-0.05, 0) is 24.3 Å². The van der Waals surface area contributed by atoms with Crippen LogP contribution in [0.1, 0.15) is 10.6 Å². The molecule has 0 fully saturated rings. The Kier molecular flexibility index (Phi) is 5.96. The number of hydrogen-bond donors (Lipinski definition) is 0. The van der Waals surface area contributed by atoms with Gasteiger partial charge in [0.25, 0.3) is 10.9 Å². The highest BCUT2D eigenvalue weighted by molar-refractivity contribution is 7.99. The number of carbonyl (C=O) groups is 1. The number of esters is 1. The number of non-ortho nitro benzene ring substituents is 1. The monoisotopic (exact) mass is 435 g/mol. The summed E-state index contributed by atoms with van der Waals surface area (Å²) < 4.78 is 16.0. The molecule has 0 unspecified atom stereocenters. The van der Waals surface area contributed by atoms with Crippen molar-refractivity contribution in [2.24, 2.45) is 0 Å². The van der Waals surface area contributed by atoms with Gasteiger partial charge in [0.05, 0.1) is 10.7 Å². The van der Waals surface area contributed by atoms with Crippen molar-refractivity contribution in [2.45, 2.75) is 5.22 Å². The standard InChI is InChI=1S/C21H13N3O6S/c25-20(18-13-15-5-1-2-6-17(15)29-18)28-11-3-4-12-31-21-23-22-19(30-21)14-7-9-16(10-8-14)24(26)27/h1-2,5-10,13H,11-12H2. The summed E-state index contributed by atoms with van der Waals surface area (Å²) >= 11 is 1.22. The Morgan fingerprint density at radius 1 is 1.10 bits per heavy atom. The fourth-order valence-electron chi connectivity index (χ4n) is 2.57. The second kappa shape index (κ2) is 9.15. The molecule has 4 aromatic rings. The Hall–Kier alpha value is -4.10. The Bertz CT molecular complexity index is 1270. The fraction of sp³-hybridized carbons (Fsp3) is 0.0952. The normalized spacial score (nSPS) is 10.5. The van der Waals surface area contributed by atoms with Gasteiger partial charge in [0, 0.05) is 23.1 Å². The van der Waals surface area contributed by atoms with Crippen molar-refractivity contribution in [2.75, 3.05) is 12.4 Å². The third-order valence-electron chi connectivity index (χ3n) is 4.03. The lowest BCUT2D eigenvalue weighted by Crippen LogP contribution is -2.03. The van der Waals surface area contributed by atoms with Crippen LogP contribution >= 0.6 is 11.8 Å². The van der Waals surface area contributed by atoms with E-state index in [2.05, 4.69) is 22.0 Å². The van der Waals surface area contributed by atoms with Crippen LogP contribution in [0, 0.1) is 22.0 Å². The molecular formula is C21H13N3O6S. The number of benzene rings is 2. The highest BCUT2D eigenvalue weighted by Gasteiger charge is 2.13. The number of fused-ring (bicyclic) bond motifs is 1. The van der Waals surface area contributed by atoms with Crippen molar-refractivity contribution < 1.29 is 23.3 Å². The Morgan fingerprint density at radius 3 is 2.68 bits per heavy atom. The number of rotatable bonds is 6. The third kappa shape index (κ3) is 4.91. The van der Waals surface area contributed by atoms with Crippen molar-refractivity contribution in [3.8, 4) is 23.3 Å². The van der Waals surface area contributed by atoms with Crippen molar-refractivity contribution in [3.63, 3.8) is 0 Å². The number of aromatic nitrogens is 2. The maximum atomic E-state index is 12.0. The van der Waals surface area contributed by atoms with E-state index in [1.54, 1.807) is 12.1 Å². The summed E-state index contributed by atoms with van der Waals surface area (Å²) in [5.74, 6) is 5.73. The Labute approximate surface area is 179 Å². The second-order valence-electron chi connectivity index (χ2n) is 6.04. The zero-order valence-corrected chi connectivity index (χ0v) is 16.6. The second-order valence-corrected chi connectivity index (χ2v) is 6.97. The van der Waals surface area contributed by atoms with Crippen molar-refractivity contribution >= 4 is 34.4 Å². The summed E-state index contributed by atoms with van der Waals surface area (Å²) in [5.41, 5.74) is 1.17. The third-order valence-corrected chi connectivity index (χ3v) is 4.73. The minimum Gasteiger partial charge on any atom is -0.449 e. The molecule has 0 amide bonds. The number of nitro groups is 1. The fourth-order valence-corrected chi connectivity index (χ4v) is 3.10. The number of nitro benzene ring substituents is 1. The lowest BCUT2D eigenvalue weighted by Gasteiger charge is -1.95. The first-order chi connectivity index (χ1) is 15.1. The van der Waals surface area contributed by atoms with Gasteiger partial charge in [-0.3, -0.25) is 10.1 Å². The summed E-state index contributed by atoms with van der Waals surface area (Å²) in [6.45, 7) is -0.0751. The van der Waals surface area contributed by atoms with Gasteiger partial charge in [-0.2, -0.15) is 0 Å². The number of carbonyl (C=O) groups excluding carboxylic acids is 1. The van der Waals surface area contributed by atoms with Gasteiger partial charge in [0.15, 0.2) is 6.61 Å². The number of ether oxygens (including phenoxy) is 1. The topological polar surface area (TPSA) is 122 Å². The van der Waals surface area contributed by atoms with Crippen LogP contribution in [0.15, 0.2) is 68.7 Å². The molecule has 0 N–H and O–H groups in total. The average molecular weight is 435 g/mol. The Balaban J connectivity index is 1.25. The quantitative estimate of drug-likeness (QED) is 0.143. The van der Waals surface area contributed by atoms with Crippen LogP contribution in [0.2, 0.25) is 0 Å². The molecule has 2 heterocycles. The van der Waals surface area contributed by atoms with E-state index in [0.29, 0.717) is 22.1 Å². The summed E-state index contributed by atoms with van der Waals surface area (Å²) in [5, 5.41) is 19.6. The van der Waals surface area contributed by atoms with Gasteiger partial charge in [0.1, 0.15) is 5.58 Å². The van der Waals surface area contributed by atoms with Crippen LogP contribution in [0.4, 0.5) is 5.69 Å². The zero-order chi connectivity index (χ0) is 21.6. The molecule has 31 heavy (non-hydrogen) atoms. The molecule has 0 saturated heterocycles. The van der Waals surface area contributed by atoms with Gasteiger partial charge >= 0.3 is 5.97 Å². The number of nitrogens with zero attached hydrogens (tertiary/aromatic N) is 3. The molecular weight excluding hydrogens is 422 g/mol. The average Bonchev–Trinajstić information content (AvgIpc) is 3.43. The highest BCUT2D eigenvalue weighted by Crippen LogP contribution is 2.24. The summed E-state index contributed by atoms with van der Waals surface area (Å²) in [4.78, 5) is 22.2. The molecule has 0 aliphatic carbocycles. The molecule has 0 radical (unpaired) electrons. The van der Waals surface area contributed by atoms with E-state index in [-0.39, 0.29) is 23.9 Å². The minimum absolute atomic E-state index is 0.0193. The molecule has 9 nitrogen and oxygen atoms in total. The van der Waals surface area contributed by atoms with Crippen LogP contribution < -0.4 is 0 Å². The summed E-state index contributed by atoms with van der Waals surface area (Å²) in [6, 6.07) is 14.7. The number of para-hydroxylation sites is 1. The lowest BCUT2D eigenvalue weighted by molar-refractivity contribution is -0.384. The first-order valence-electron chi connectivity index (χ1n) is 8.93. The van der Waals surface area contributed by atoms with Gasteiger partial charge in [-0.15, -0.1) is 10.2 Å². The van der Waals surface area contributed by atoms with E-state index in [4.69, 9.17) is 13.6 Å². The SMILES string of the molecule is O=C(OCC#CCSc1nnc(-c2ccc([N+](=O)[O-])cc2)o1)c1cc2ccccc2o1. The smallest absolute Gasteiger partial charge is 0.375 e. The Morgan fingerprint density at radius 2 is 1.90 bits per heavy atom. The van der Waals surface area contributed by atoms with Gasteiger partial charge in [-0.25, -0.2) is 4.79 Å². The summed E-state index contributed by atoms with van der Waals surface area (Å²) in [6.07, 6.45) is 0. The predicted octanol–water partition coefficient (Wildman–Crippen LogP) is 4.34. The molecule has 0 aliphatic heterocycles. The van der Waals surface area contributed by atoms with Gasteiger partial charge in [-0.1, -0.05) is 41.8 Å². The van der Waals surface area contributed by atoms with Crippen molar-refractivity contribution in [1.29, 1.82) is 0 Å². The molecule has 154 valence electrons. The molecule has 0 bridgehead atoms. The van der Waals surface area contributed by atoms with Gasteiger partial charge in [0.2, 0.25) is 11.7 Å². The highest BCUT2D eigenvalue weighted by atomic mass is 32.2. The van der Waals surface area contributed by atoms with Crippen LogP contribution in [-0.4, -0.2) is 33.4 Å². The van der Waals surface area contributed by atoms with Crippen molar-refractivity contribution in [3.05, 3.63) is 70.5 Å². The molecule has 2 aromatic heterocycles. The van der Waals surface area contributed by atoms with E-state index >= 15 is 0 Å². The zero-order valence-electron chi connectivity index (χ0n) is 15.8. The largest absolute Gasteiger partial charge is 0.449 e. The minimum atomic E-state index is -0.581. The first kappa shape index (κ1) is 20.2. The molecule has 0 saturated carbocycles. The van der Waals surface area contributed by atoms with Crippen LogP contribution in [-0.2, 0) is 4.74 Å². The van der Waals surface area contributed by atoms with Crippen LogP contribution in [0.3, 0.4) is 0 Å². The molecule has 0 aliphatic rings. The summed E-state index contributed by atoms with van der Waals surface area (Å²) in [7, 11) is 0. The number of hydrogen-bond acceptors (Lipinski definition) is 9. The number of thioether (sulfide) groups is 1. The maximum Gasteiger partial charge on any atom is 0.375 e. The molecule has 4 rings (SSSR count). The molecule has 0 spiro atoms. The molecule has 10 heteroatoms. The molecule has 2 aromatic carbocycles. The van der Waals surface area contributed by atoms with Crippen molar-refractivity contribution in [1.82, 2.24) is 10.2 Å². The number of furan rings is 1. The van der Waals surface area contributed by atoms with E-state index in [1.807, 2.05) is 18.2 Å². The van der Waals surface area contributed by atoms with Gasteiger partial charge < -0.3 is 13.6 Å². The van der Waals surface area contributed by atoms with E-state index in [9.17, 15) is 14.9 Å². The lowest BCUT2D eigenvalue weighted by atomic mass is 10.2. The molecule has 0 atom stereocenters. The first-order valence-corrected chi connectivity index (χ1v) is 9.91. The predicted molar refractivity (Wildman–Crippen MR) is 111 cm³/mol. The van der Waals surface area contributed by atoms with E-state index < -0.39 is 10.9 Å². The van der Waals surface area contributed by atoms with E-state index in [1.165, 1.54) is 36.0 Å². The van der Waals surface area contributed by atoms with Crippen LogP contribution in [0.25, 0.3) is 22.4 Å². The van der Waals surface area contributed by atoms with Crippen LogP contribution in [0.5, 0.6) is 0 Å². The maximum absolute atomic E-state index is 12.0.